The molecular weight excluding hydrogens is 152 g/mol. The highest BCUT2D eigenvalue weighted by molar-refractivity contribution is 5.06. The molecule has 1 aromatic heterocycles. The van der Waals surface area contributed by atoms with Crippen LogP contribution in [-0.2, 0) is 11.3 Å². The van der Waals surface area contributed by atoms with E-state index in [1.54, 1.807) is 7.11 Å². The van der Waals surface area contributed by atoms with Gasteiger partial charge in [0.2, 0.25) is 0 Å². The van der Waals surface area contributed by atoms with Gasteiger partial charge in [-0.15, -0.1) is 0 Å². The first-order valence-corrected chi connectivity index (χ1v) is 4.24. The molecular formula is C9H16N2O. The van der Waals surface area contributed by atoms with Gasteiger partial charge in [-0.3, -0.25) is 4.68 Å². The van der Waals surface area contributed by atoms with Gasteiger partial charge in [0.25, 0.3) is 0 Å². The van der Waals surface area contributed by atoms with Gasteiger partial charge >= 0.3 is 0 Å². The second-order valence-corrected chi connectivity index (χ2v) is 3.00. The van der Waals surface area contributed by atoms with Crippen molar-refractivity contribution in [2.75, 3.05) is 13.7 Å². The van der Waals surface area contributed by atoms with Crippen molar-refractivity contribution in [2.24, 2.45) is 0 Å². The Morgan fingerprint density at radius 1 is 1.50 bits per heavy atom. The number of aryl methyl sites for hydroxylation is 3. The minimum absolute atomic E-state index is 0.804. The Hall–Kier alpha value is -0.830. The van der Waals surface area contributed by atoms with Crippen LogP contribution >= 0.6 is 0 Å². The SMILES string of the molecule is COCCCn1nc(C)cc1C. The molecule has 0 unspecified atom stereocenters. The van der Waals surface area contributed by atoms with E-state index in [0.717, 1.165) is 25.3 Å². The number of nitrogens with zero attached hydrogens (tertiary/aromatic N) is 2. The molecule has 0 aliphatic carbocycles. The van der Waals surface area contributed by atoms with Gasteiger partial charge in [-0.1, -0.05) is 0 Å². The lowest BCUT2D eigenvalue weighted by molar-refractivity contribution is 0.188. The summed E-state index contributed by atoms with van der Waals surface area (Å²) in [4.78, 5) is 0. The maximum Gasteiger partial charge on any atom is 0.0596 e. The lowest BCUT2D eigenvalue weighted by Crippen LogP contribution is -2.04. The molecule has 0 N–H and O–H groups in total. The lowest BCUT2D eigenvalue weighted by atomic mass is 10.4. The van der Waals surface area contributed by atoms with E-state index in [1.807, 2.05) is 11.6 Å². The molecule has 0 spiro atoms. The van der Waals surface area contributed by atoms with Gasteiger partial charge in [-0.05, 0) is 26.3 Å². The van der Waals surface area contributed by atoms with Crippen LogP contribution in [0.1, 0.15) is 17.8 Å². The van der Waals surface area contributed by atoms with Gasteiger partial charge in [0.15, 0.2) is 0 Å². The van der Waals surface area contributed by atoms with Crippen LogP contribution in [0.15, 0.2) is 6.07 Å². The largest absolute Gasteiger partial charge is 0.385 e. The summed E-state index contributed by atoms with van der Waals surface area (Å²) in [5.74, 6) is 0. The maximum absolute atomic E-state index is 4.97. The number of methoxy groups -OCH3 is 1. The normalized spacial score (nSPS) is 10.6. The average Bonchev–Trinajstić information content (AvgIpc) is 2.31. The van der Waals surface area contributed by atoms with E-state index in [1.165, 1.54) is 5.69 Å². The fraction of sp³-hybridized carbons (Fsp3) is 0.667. The molecule has 0 bridgehead atoms. The van der Waals surface area contributed by atoms with E-state index in [4.69, 9.17) is 4.74 Å². The highest BCUT2D eigenvalue weighted by Gasteiger charge is 1.98. The van der Waals surface area contributed by atoms with E-state index in [-0.39, 0.29) is 0 Å². The van der Waals surface area contributed by atoms with Crippen LogP contribution in [0.3, 0.4) is 0 Å². The third-order valence-corrected chi connectivity index (χ3v) is 1.82. The van der Waals surface area contributed by atoms with Crippen molar-refractivity contribution in [3.8, 4) is 0 Å². The summed E-state index contributed by atoms with van der Waals surface area (Å²) in [5.41, 5.74) is 2.31. The molecule has 1 rings (SSSR count). The number of hydrogen-bond acceptors (Lipinski definition) is 2. The summed E-state index contributed by atoms with van der Waals surface area (Å²) in [7, 11) is 1.72. The third-order valence-electron chi connectivity index (χ3n) is 1.82. The molecule has 0 amide bonds. The first kappa shape index (κ1) is 9.26. The molecule has 0 fully saturated rings. The molecule has 3 heteroatoms. The molecule has 12 heavy (non-hydrogen) atoms. The van der Waals surface area contributed by atoms with Crippen molar-refractivity contribution in [3.63, 3.8) is 0 Å². The van der Waals surface area contributed by atoms with E-state index < -0.39 is 0 Å². The minimum atomic E-state index is 0.804. The molecule has 0 atom stereocenters. The summed E-state index contributed by atoms with van der Waals surface area (Å²) in [5, 5.41) is 4.34. The van der Waals surface area contributed by atoms with E-state index >= 15 is 0 Å². The second-order valence-electron chi connectivity index (χ2n) is 3.00. The molecule has 0 saturated carbocycles. The molecule has 3 nitrogen and oxygen atoms in total. The van der Waals surface area contributed by atoms with Crippen LogP contribution in [-0.4, -0.2) is 23.5 Å². The molecule has 68 valence electrons. The van der Waals surface area contributed by atoms with Crippen molar-refractivity contribution >= 4 is 0 Å². The molecule has 1 aromatic rings. The highest BCUT2D eigenvalue weighted by atomic mass is 16.5. The molecule has 1 heterocycles. The Labute approximate surface area is 73.3 Å². The monoisotopic (exact) mass is 168 g/mol. The summed E-state index contributed by atoms with van der Waals surface area (Å²) >= 11 is 0. The van der Waals surface area contributed by atoms with Crippen LogP contribution in [0.5, 0.6) is 0 Å². The molecule has 0 aliphatic heterocycles. The zero-order chi connectivity index (χ0) is 8.97. The average molecular weight is 168 g/mol. The Morgan fingerprint density at radius 2 is 2.25 bits per heavy atom. The van der Waals surface area contributed by atoms with Crippen LogP contribution < -0.4 is 0 Å². The Bertz CT molecular complexity index is 243. The summed E-state index contributed by atoms with van der Waals surface area (Å²) < 4.78 is 6.99. The fourth-order valence-electron chi connectivity index (χ4n) is 1.26. The Balaban J connectivity index is 2.45. The maximum atomic E-state index is 4.97. The number of rotatable bonds is 4. The van der Waals surface area contributed by atoms with E-state index in [2.05, 4.69) is 18.1 Å². The van der Waals surface area contributed by atoms with Crippen LogP contribution in [0.2, 0.25) is 0 Å². The lowest BCUT2D eigenvalue weighted by Gasteiger charge is -2.02. The third kappa shape index (κ3) is 2.34. The van der Waals surface area contributed by atoms with E-state index in [0.29, 0.717) is 0 Å². The first-order chi connectivity index (χ1) is 5.74. The summed E-state index contributed by atoms with van der Waals surface area (Å²) in [6.45, 7) is 5.85. The number of hydrogen-bond donors (Lipinski definition) is 0. The van der Waals surface area contributed by atoms with Gasteiger partial charge in [0.1, 0.15) is 0 Å². The van der Waals surface area contributed by atoms with Gasteiger partial charge in [-0.25, -0.2) is 0 Å². The zero-order valence-electron chi connectivity index (χ0n) is 8.00. The van der Waals surface area contributed by atoms with Gasteiger partial charge < -0.3 is 4.74 Å². The van der Waals surface area contributed by atoms with Crippen molar-refractivity contribution in [1.29, 1.82) is 0 Å². The topological polar surface area (TPSA) is 27.1 Å². The fourth-order valence-corrected chi connectivity index (χ4v) is 1.26. The number of ether oxygens (including phenoxy) is 1. The smallest absolute Gasteiger partial charge is 0.0596 e. The number of aromatic nitrogens is 2. The zero-order valence-corrected chi connectivity index (χ0v) is 8.00. The quantitative estimate of drug-likeness (QED) is 0.637. The first-order valence-electron chi connectivity index (χ1n) is 4.24. The van der Waals surface area contributed by atoms with Crippen LogP contribution in [0.4, 0.5) is 0 Å². The Morgan fingerprint density at radius 3 is 2.75 bits per heavy atom. The van der Waals surface area contributed by atoms with Crippen molar-refractivity contribution < 1.29 is 4.74 Å². The molecule has 0 aromatic carbocycles. The van der Waals surface area contributed by atoms with Gasteiger partial charge in [0, 0.05) is 26.0 Å². The van der Waals surface area contributed by atoms with Gasteiger partial charge in [0.05, 0.1) is 5.69 Å². The van der Waals surface area contributed by atoms with Crippen LogP contribution in [0.25, 0.3) is 0 Å². The minimum Gasteiger partial charge on any atom is -0.385 e. The van der Waals surface area contributed by atoms with Crippen molar-refractivity contribution in [2.45, 2.75) is 26.8 Å². The van der Waals surface area contributed by atoms with Crippen molar-refractivity contribution in [3.05, 3.63) is 17.5 Å². The van der Waals surface area contributed by atoms with Crippen LogP contribution in [0, 0.1) is 13.8 Å². The predicted octanol–water partition coefficient (Wildman–Crippen LogP) is 1.54. The Kier molecular flexibility index (Phi) is 3.29. The highest BCUT2D eigenvalue weighted by Crippen LogP contribution is 2.02. The predicted molar refractivity (Wildman–Crippen MR) is 48.2 cm³/mol. The van der Waals surface area contributed by atoms with E-state index in [9.17, 15) is 0 Å². The van der Waals surface area contributed by atoms with Crippen molar-refractivity contribution in [1.82, 2.24) is 9.78 Å². The summed E-state index contributed by atoms with van der Waals surface area (Å²) in [6.07, 6.45) is 1.03. The summed E-state index contributed by atoms with van der Waals surface area (Å²) in [6, 6.07) is 2.09. The molecule has 0 radical (unpaired) electrons. The molecule has 0 saturated heterocycles. The van der Waals surface area contributed by atoms with Gasteiger partial charge in [-0.2, -0.15) is 5.10 Å². The second kappa shape index (κ2) is 4.26. The standard InChI is InChI=1S/C9H16N2O/c1-8-7-9(2)11(10-8)5-4-6-12-3/h7H,4-6H2,1-3H3. The molecule has 0 aliphatic rings.